The lowest BCUT2D eigenvalue weighted by Gasteiger charge is -2.32. The molecular weight excluding hydrogens is 380 g/mol. The summed E-state index contributed by atoms with van der Waals surface area (Å²) >= 11 is 0. The summed E-state index contributed by atoms with van der Waals surface area (Å²) in [5.74, 6) is -0.214. The van der Waals surface area contributed by atoms with Crippen molar-refractivity contribution >= 4 is 25.8 Å². The maximum absolute atomic E-state index is 13.0. The summed E-state index contributed by atoms with van der Waals surface area (Å²) in [5, 5.41) is 0. The first-order valence-electron chi connectivity index (χ1n) is 8.40. The molecule has 8 nitrogen and oxygen atoms in total. The van der Waals surface area contributed by atoms with Crippen molar-refractivity contribution in [2.45, 2.75) is 28.7 Å². The molecule has 26 heavy (non-hydrogen) atoms. The minimum atomic E-state index is -3.96. The van der Waals surface area contributed by atoms with Gasteiger partial charge in [-0.05, 0) is 31.0 Å². The Morgan fingerprint density at radius 2 is 1.73 bits per heavy atom. The summed E-state index contributed by atoms with van der Waals surface area (Å²) in [4.78, 5) is 14.2. The van der Waals surface area contributed by atoms with Crippen molar-refractivity contribution in [1.82, 2.24) is 9.21 Å². The molecule has 1 atom stereocenters. The third-order valence-corrected chi connectivity index (χ3v) is 7.67. The van der Waals surface area contributed by atoms with Gasteiger partial charge in [0.05, 0.1) is 23.0 Å². The second-order valence-electron chi connectivity index (χ2n) is 6.46. The topological polar surface area (TPSA) is 101 Å². The number of morpholine rings is 1. The van der Waals surface area contributed by atoms with E-state index >= 15 is 0 Å². The van der Waals surface area contributed by atoms with Crippen molar-refractivity contribution < 1.29 is 26.4 Å². The van der Waals surface area contributed by atoms with Gasteiger partial charge in [0.2, 0.25) is 15.9 Å². The summed E-state index contributed by atoms with van der Waals surface area (Å²) in [6, 6.07) is 4.52. The number of ether oxygens (including phenoxy) is 1. The van der Waals surface area contributed by atoms with Gasteiger partial charge in [-0.15, -0.1) is 0 Å². The molecule has 2 fully saturated rings. The van der Waals surface area contributed by atoms with Crippen LogP contribution in [0.5, 0.6) is 0 Å². The zero-order valence-corrected chi connectivity index (χ0v) is 16.1. The van der Waals surface area contributed by atoms with E-state index in [1.807, 2.05) is 0 Å². The van der Waals surface area contributed by atoms with Crippen molar-refractivity contribution in [2.75, 3.05) is 39.1 Å². The molecule has 2 saturated heterocycles. The summed E-state index contributed by atoms with van der Waals surface area (Å²) in [6.07, 6.45) is 2.08. The molecule has 0 saturated carbocycles. The molecular formula is C16H22N2O6S2. The Morgan fingerprint density at radius 3 is 2.38 bits per heavy atom. The highest BCUT2D eigenvalue weighted by Crippen LogP contribution is 2.28. The SMILES string of the molecule is CS(=O)(=O)c1cccc(S(=O)(=O)N2CCCC2C(=O)N2CCOCC2)c1. The summed E-state index contributed by atoms with van der Waals surface area (Å²) in [6.45, 7) is 2.04. The van der Waals surface area contributed by atoms with Crippen molar-refractivity contribution in [2.24, 2.45) is 0 Å². The first-order chi connectivity index (χ1) is 12.2. The summed E-state index contributed by atoms with van der Waals surface area (Å²) in [7, 11) is -7.49. The minimum absolute atomic E-state index is 0.0613. The van der Waals surface area contributed by atoms with Crippen LogP contribution in [-0.4, -0.2) is 77.1 Å². The number of carbonyl (C=O) groups is 1. The highest BCUT2D eigenvalue weighted by Gasteiger charge is 2.41. The molecule has 0 radical (unpaired) electrons. The normalized spacial score (nSPS) is 22.5. The number of nitrogens with zero attached hydrogens (tertiary/aromatic N) is 2. The third kappa shape index (κ3) is 3.78. The third-order valence-electron chi connectivity index (χ3n) is 4.65. The van der Waals surface area contributed by atoms with E-state index in [4.69, 9.17) is 4.74 Å². The van der Waals surface area contributed by atoms with E-state index in [-0.39, 0.29) is 22.2 Å². The molecule has 0 N–H and O–H groups in total. The molecule has 0 bridgehead atoms. The first kappa shape index (κ1) is 19.3. The van der Waals surface area contributed by atoms with Gasteiger partial charge in [0.1, 0.15) is 6.04 Å². The van der Waals surface area contributed by atoms with Gasteiger partial charge < -0.3 is 9.64 Å². The number of rotatable bonds is 4. The van der Waals surface area contributed by atoms with E-state index in [1.165, 1.54) is 22.5 Å². The molecule has 0 spiro atoms. The number of hydrogen-bond donors (Lipinski definition) is 0. The monoisotopic (exact) mass is 402 g/mol. The highest BCUT2D eigenvalue weighted by atomic mass is 32.2. The van der Waals surface area contributed by atoms with Crippen molar-refractivity contribution in [1.29, 1.82) is 0 Å². The van der Waals surface area contributed by atoms with Crippen LogP contribution >= 0.6 is 0 Å². The maximum Gasteiger partial charge on any atom is 0.243 e. The van der Waals surface area contributed by atoms with Crippen LogP contribution in [0, 0.1) is 0 Å². The smallest absolute Gasteiger partial charge is 0.243 e. The van der Waals surface area contributed by atoms with Gasteiger partial charge >= 0.3 is 0 Å². The van der Waals surface area contributed by atoms with Crippen LogP contribution in [0.3, 0.4) is 0 Å². The molecule has 0 aliphatic carbocycles. The van der Waals surface area contributed by atoms with Gasteiger partial charge in [-0.3, -0.25) is 4.79 Å². The molecule has 144 valence electrons. The van der Waals surface area contributed by atoms with Crippen LogP contribution in [0.15, 0.2) is 34.1 Å². The van der Waals surface area contributed by atoms with Gasteiger partial charge in [0.15, 0.2) is 9.84 Å². The first-order valence-corrected chi connectivity index (χ1v) is 11.7. The Balaban J connectivity index is 1.89. The predicted molar refractivity (Wildman–Crippen MR) is 93.9 cm³/mol. The van der Waals surface area contributed by atoms with Crippen LogP contribution in [-0.2, 0) is 29.4 Å². The van der Waals surface area contributed by atoms with E-state index < -0.39 is 25.9 Å². The Bertz CT molecular complexity index is 891. The van der Waals surface area contributed by atoms with Crippen molar-refractivity contribution in [3.05, 3.63) is 24.3 Å². The number of benzene rings is 1. The Hall–Kier alpha value is -1.49. The van der Waals surface area contributed by atoms with Gasteiger partial charge in [-0.1, -0.05) is 6.07 Å². The van der Waals surface area contributed by atoms with Crippen LogP contribution < -0.4 is 0 Å². The Kier molecular flexibility index (Phi) is 5.38. The van der Waals surface area contributed by atoms with Crippen LogP contribution in [0.4, 0.5) is 0 Å². The van der Waals surface area contributed by atoms with E-state index in [0.717, 1.165) is 12.3 Å². The predicted octanol–water partition coefficient (Wildman–Crippen LogP) is 0.102. The zero-order chi connectivity index (χ0) is 18.9. The molecule has 2 aliphatic rings. The fourth-order valence-corrected chi connectivity index (χ4v) is 5.71. The number of carbonyl (C=O) groups excluding carboxylic acids is 1. The van der Waals surface area contributed by atoms with Crippen molar-refractivity contribution in [3.63, 3.8) is 0 Å². The molecule has 0 aromatic heterocycles. The lowest BCUT2D eigenvalue weighted by molar-refractivity contribution is -0.138. The quantitative estimate of drug-likeness (QED) is 0.708. The average molecular weight is 402 g/mol. The van der Waals surface area contributed by atoms with Gasteiger partial charge in [0, 0.05) is 25.9 Å². The number of amides is 1. The molecule has 2 aliphatic heterocycles. The van der Waals surface area contributed by atoms with E-state index in [9.17, 15) is 21.6 Å². The van der Waals surface area contributed by atoms with Crippen molar-refractivity contribution in [3.8, 4) is 0 Å². The minimum Gasteiger partial charge on any atom is -0.378 e. The van der Waals surface area contributed by atoms with E-state index in [2.05, 4.69) is 0 Å². The average Bonchev–Trinajstić information content (AvgIpc) is 3.12. The molecule has 3 rings (SSSR count). The largest absolute Gasteiger partial charge is 0.378 e. The highest BCUT2D eigenvalue weighted by molar-refractivity contribution is 7.91. The standard InChI is InChI=1S/C16H22N2O6S2/c1-25(20,21)13-4-2-5-14(12-13)26(22,23)18-7-3-6-15(18)16(19)17-8-10-24-11-9-17/h2,4-5,12,15H,3,6-11H2,1H3. The second-order valence-corrected chi connectivity index (χ2v) is 10.4. The maximum atomic E-state index is 13.0. The molecule has 1 aromatic rings. The van der Waals surface area contributed by atoms with Gasteiger partial charge in [-0.2, -0.15) is 4.31 Å². The number of hydrogen-bond acceptors (Lipinski definition) is 6. The van der Waals surface area contributed by atoms with Crippen LogP contribution in [0.25, 0.3) is 0 Å². The molecule has 1 amide bonds. The fourth-order valence-electron chi connectivity index (χ4n) is 3.27. The number of sulfone groups is 1. The lowest BCUT2D eigenvalue weighted by atomic mass is 10.2. The van der Waals surface area contributed by atoms with Crippen LogP contribution in [0.1, 0.15) is 12.8 Å². The molecule has 1 aromatic carbocycles. The molecule has 1 unspecified atom stereocenters. The summed E-state index contributed by atoms with van der Waals surface area (Å²) in [5.41, 5.74) is 0. The Morgan fingerprint density at radius 1 is 1.08 bits per heavy atom. The van der Waals surface area contributed by atoms with Gasteiger partial charge in [-0.25, -0.2) is 16.8 Å². The zero-order valence-electron chi connectivity index (χ0n) is 14.5. The summed E-state index contributed by atoms with van der Waals surface area (Å²) < 4.78 is 56.0. The fraction of sp³-hybridized carbons (Fsp3) is 0.562. The lowest BCUT2D eigenvalue weighted by Crippen LogP contribution is -2.50. The number of sulfonamides is 1. The second kappa shape index (κ2) is 7.26. The molecule has 10 heteroatoms. The molecule has 2 heterocycles. The van der Waals surface area contributed by atoms with E-state index in [0.29, 0.717) is 39.1 Å². The van der Waals surface area contributed by atoms with Gasteiger partial charge in [0.25, 0.3) is 0 Å². The Labute approximate surface area is 153 Å². The van der Waals surface area contributed by atoms with Crippen LogP contribution in [0.2, 0.25) is 0 Å². The van der Waals surface area contributed by atoms with E-state index in [1.54, 1.807) is 4.90 Å².